The second-order valence-corrected chi connectivity index (χ2v) is 2.90. The van der Waals surface area contributed by atoms with Gasteiger partial charge in [0.05, 0.1) is 18.5 Å². The number of primary amides is 1. The van der Waals surface area contributed by atoms with E-state index in [-0.39, 0.29) is 12.1 Å². The number of methoxy groups -OCH3 is 1. The number of hydrogen-bond acceptors (Lipinski definition) is 4. The van der Waals surface area contributed by atoms with Crippen LogP contribution in [-0.4, -0.2) is 17.9 Å². The van der Waals surface area contributed by atoms with Crippen molar-refractivity contribution in [3.05, 3.63) is 33.9 Å². The molecule has 15 heavy (non-hydrogen) atoms. The summed E-state index contributed by atoms with van der Waals surface area (Å²) in [6.45, 7) is 0. The highest BCUT2D eigenvalue weighted by Gasteiger charge is 2.12. The highest BCUT2D eigenvalue weighted by Crippen LogP contribution is 2.24. The quantitative estimate of drug-likeness (QED) is 0.582. The molecule has 0 bridgehead atoms. The van der Waals surface area contributed by atoms with Crippen LogP contribution in [0.1, 0.15) is 5.56 Å². The van der Waals surface area contributed by atoms with Gasteiger partial charge in [-0.3, -0.25) is 14.9 Å². The number of nitrogens with two attached hydrogens (primary N) is 1. The fourth-order valence-corrected chi connectivity index (χ4v) is 1.20. The Morgan fingerprint density at radius 2 is 2.27 bits per heavy atom. The zero-order valence-electron chi connectivity index (χ0n) is 8.10. The van der Waals surface area contributed by atoms with Crippen LogP contribution in [-0.2, 0) is 11.2 Å². The number of rotatable bonds is 4. The van der Waals surface area contributed by atoms with Crippen molar-refractivity contribution in [2.45, 2.75) is 6.42 Å². The first-order chi connectivity index (χ1) is 7.04. The van der Waals surface area contributed by atoms with Gasteiger partial charge < -0.3 is 10.5 Å². The number of ether oxygens (including phenoxy) is 1. The molecule has 6 heteroatoms. The largest absolute Gasteiger partial charge is 0.496 e. The third-order valence-electron chi connectivity index (χ3n) is 1.84. The van der Waals surface area contributed by atoms with E-state index in [1.165, 1.54) is 25.3 Å². The Kier molecular flexibility index (Phi) is 3.22. The summed E-state index contributed by atoms with van der Waals surface area (Å²) in [6, 6.07) is 4.03. The predicted molar refractivity (Wildman–Crippen MR) is 52.5 cm³/mol. The molecular weight excluding hydrogens is 200 g/mol. The van der Waals surface area contributed by atoms with Gasteiger partial charge in [-0.15, -0.1) is 0 Å². The molecule has 0 radical (unpaired) electrons. The maximum atomic E-state index is 10.7. The number of hydrogen-bond donors (Lipinski definition) is 1. The zero-order valence-corrected chi connectivity index (χ0v) is 8.10. The number of nitro benzene ring substituents is 1. The van der Waals surface area contributed by atoms with Gasteiger partial charge in [0.25, 0.3) is 5.69 Å². The predicted octanol–water partition coefficient (Wildman–Crippen LogP) is 0.631. The zero-order chi connectivity index (χ0) is 11.4. The van der Waals surface area contributed by atoms with E-state index in [1.54, 1.807) is 0 Å². The van der Waals surface area contributed by atoms with E-state index in [0.29, 0.717) is 11.3 Å². The lowest BCUT2D eigenvalue weighted by Crippen LogP contribution is -2.14. The third-order valence-corrected chi connectivity index (χ3v) is 1.84. The van der Waals surface area contributed by atoms with E-state index >= 15 is 0 Å². The summed E-state index contributed by atoms with van der Waals surface area (Å²) < 4.78 is 4.95. The van der Waals surface area contributed by atoms with E-state index in [4.69, 9.17) is 10.5 Å². The van der Waals surface area contributed by atoms with Crippen LogP contribution in [0, 0.1) is 10.1 Å². The van der Waals surface area contributed by atoms with Crippen molar-refractivity contribution >= 4 is 11.6 Å². The number of nitro groups is 1. The first kappa shape index (κ1) is 11.0. The van der Waals surface area contributed by atoms with Gasteiger partial charge in [-0.2, -0.15) is 0 Å². The maximum absolute atomic E-state index is 10.7. The van der Waals surface area contributed by atoms with Gasteiger partial charge in [0.1, 0.15) is 5.75 Å². The topological polar surface area (TPSA) is 95.5 Å². The SMILES string of the molecule is COc1ccc([N+](=O)[O-])cc1CC(N)=O. The van der Waals surface area contributed by atoms with Crippen LogP contribution < -0.4 is 10.5 Å². The van der Waals surface area contributed by atoms with E-state index < -0.39 is 10.8 Å². The molecule has 0 fully saturated rings. The highest BCUT2D eigenvalue weighted by atomic mass is 16.6. The van der Waals surface area contributed by atoms with Gasteiger partial charge in [-0.1, -0.05) is 0 Å². The van der Waals surface area contributed by atoms with E-state index in [0.717, 1.165) is 0 Å². The molecule has 0 spiro atoms. The number of benzene rings is 1. The first-order valence-electron chi connectivity index (χ1n) is 4.14. The third kappa shape index (κ3) is 2.67. The minimum Gasteiger partial charge on any atom is -0.496 e. The molecule has 1 aromatic rings. The number of amides is 1. The lowest BCUT2D eigenvalue weighted by Gasteiger charge is -2.05. The number of carbonyl (C=O) groups is 1. The average Bonchev–Trinajstić information content (AvgIpc) is 2.16. The molecule has 0 heterocycles. The van der Waals surface area contributed by atoms with E-state index in [9.17, 15) is 14.9 Å². The molecule has 1 rings (SSSR count). The lowest BCUT2D eigenvalue weighted by atomic mass is 10.1. The Hall–Kier alpha value is -2.11. The Labute approximate surface area is 85.8 Å². The molecule has 0 unspecified atom stereocenters. The fraction of sp³-hybridized carbons (Fsp3) is 0.222. The lowest BCUT2D eigenvalue weighted by molar-refractivity contribution is -0.384. The maximum Gasteiger partial charge on any atom is 0.269 e. The van der Waals surface area contributed by atoms with Crippen LogP contribution in [0.4, 0.5) is 5.69 Å². The molecule has 0 aliphatic heterocycles. The summed E-state index contributed by atoms with van der Waals surface area (Å²) in [5, 5.41) is 10.5. The molecule has 80 valence electrons. The van der Waals surface area contributed by atoms with Crippen LogP contribution in [0.2, 0.25) is 0 Å². The monoisotopic (exact) mass is 210 g/mol. The second kappa shape index (κ2) is 4.41. The Morgan fingerprint density at radius 1 is 1.60 bits per heavy atom. The van der Waals surface area contributed by atoms with Crippen molar-refractivity contribution in [1.29, 1.82) is 0 Å². The van der Waals surface area contributed by atoms with Crippen LogP contribution in [0.15, 0.2) is 18.2 Å². The molecular formula is C9H10N2O4. The molecule has 0 saturated carbocycles. The first-order valence-corrected chi connectivity index (χ1v) is 4.14. The van der Waals surface area contributed by atoms with Crippen molar-refractivity contribution in [2.75, 3.05) is 7.11 Å². The van der Waals surface area contributed by atoms with Crippen molar-refractivity contribution in [1.82, 2.24) is 0 Å². The second-order valence-electron chi connectivity index (χ2n) is 2.90. The summed E-state index contributed by atoms with van der Waals surface area (Å²) in [6.07, 6.45) is -0.0785. The Balaban J connectivity index is 3.12. The summed E-state index contributed by atoms with van der Waals surface area (Å²) in [5.74, 6) is -0.145. The smallest absolute Gasteiger partial charge is 0.269 e. The fourth-order valence-electron chi connectivity index (χ4n) is 1.20. The standard InChI is InChI=1S/C9H10N2O4/c1-15-8-3-2-7(11(13)14)4-6(8)5-9(10)12/h2-4H,5H2,1H3,(H2,10,12). The van der Waals surface area contributed by atoms with Crippen LogP contribution in [0.25, 0.3) is 0 Å². The van der Waals surface area contributed by atoms with Crippen LogP contribution >= 0.6 is 0 Å². The average molecular weight is 210 g/mol. The van der Waals surface area contributed by atoms with Crippen molar-refractivity contribution in [2.24, 2.45) is 5.73 Å². The van der Waals surface area contributed by atoms with Gasteiger partial charge >= 0.3 is 0 Å². The summed E-state index contributed by atoms with van der Waals surface area (Å²) in [4.78, 5) is 20.7. The van der Waals surface area contributed by atoms with Gasteiger partial charge in [-0.05, 0) is 6.07 Å². The van der Waals surface area contributed by atoms with Crippen LogP contribution in [0.3, 0.4) is 0 Å². The number of nitrogens with zero attached hydrogens (tertiary/aromatic N) is 1. The van der Waals surface area contributed by atoms with Crippen LogP contribution in [0.5, 0.6) is 5.75 Å². The summed E-state index contributed by atoms with van der Waals surface area (Å²) in [5.41, 5.74) is 5.34. The molecule has 0 aromatic heterocycles. The minimum atomic E-state index is -0.561. The Morgan fingerprint density at radius 3 is 2.73 bits per heavy atom. The number of non-ortho nitro benzene ring substituents is 1. The normalized spacial score (nSPS) is 9.67. The number of carbonyl (C=O) groups excluding carboxylic acids is 1. The summed E-state index contributed by atoms with van der Waals surface area (Å²) in [7, 11) is 1.42. The van der Waals surface area contributed by atoms with Gasteiger partial charge in [0, 0.05) is 17.7 Å². The summed E-state index contributed by atoms with van der Waals surface area (Å²) >= 11 is 0. The van der Waals surface area contributed by atoms with Gasteiger partial charge in [0.15, 0.2) is 0 Å². The molecule has 0 saturated heterocycles. The molecule has 0 atom stereocenters. The van der Waals surface area contributed by atoms with Gasteiger partial charge in [0.2, 0.25) is 5.91 Å². The van der Waals surface area contributed by atoms with Crippen molar-refractivity contribution in [3.8, 4) is 5.75 Å². The minimum absolute atomic E-state index is 0.0785. The molecule has 6 nitrogen and oxygen atoms in total. The van der Waals surface area contributed by atoms with E-state index in [1.807, 2.05) is 0 Å². The Bertz CT molecular complexity index is 403. The molecule has 0 aliphatic carbocycles. The van der Waals surface area contributed by atoms with Crippen molar-refractivity contribution < 1.29 is 14.5 Å². The van der Waals surface area contributed by atoms with E-state index in [2.05, 4.69) is 0 Å². The van der Waals surface area contributed by atoms with Crippen molar-refractivity contribution in [3.63, 3.8) is 0 Å². The highest BCUT2D eigenvalue weighted by molar-refractivity contribution is 5.77. The van der Waals surface area contributed by atoms with Gasteiger partial charge in [-0.25, -0.2) is 0 Å². The molecule has 0 aliphatic rings. The molecule has 2 N–H and O–H groups in total. The molecule has 1 amide bonds. The molecule has 1 aromatic carbocycles.